The molecule has 0 aliphatic heterocycles. The number of rotatable bonds is 6. The van der Waals surface area contributed by atoms with Gasteiger partial charge < -0.3 is 14.5 Å². The predicted octanol–water partition coefficient (Wildman–Crippen LogP) is 2.06. The van der Waals surface area contributed by atoms with Crippen LogP contribution in [-0.4, -0.2) is 25.6 Å². The largest absolute Gasteiger partial charge is 0.330 e. The maximum absolute atomic E-state index is 5.96. The Morgan fingerprint density at radius 3 is 2.79 bits per heavy atom. The van der Waals surface area contributed by atoms with Crippen molar-refractivity contribution in [1.82, 2.24) is 24.4 Å². The number of hydrogen-bond donors (Lipinski definition) is 1. The van der Waals surface area contributed by atoms with Gasteiger partial charge in [0, 0.05) is 19.8 Å². The minimum atomic E-state index is 0.647. The molecule has 0 atom stereocenters. The summed E-state index contributed by atoms with van der Waals surface area (Å²) in [7, 11) is 1.91. The molecule has 0 aromatic carbocycles. The third kappa shape index (κ3) is 3.81. The van der Waals surface area contributed by atoms with Crippen molar-refractivity contribution < 1.29 is 0 Å². The molecule has 2 aromatic heterocycles. The minimum Gasteiger partial charge on any atom is -0.330 e. The summed E-state index contributed by atoms with van der Waals surface area (Å²) in [5.41, 5.74) is 1.04. The van der Waals surface area contributed by atoms with E-state index in [0.29, 0.717) is 17.6 Å². The summed E-state index contributed by atoms with van der Waals surface area (Å²) in [5, 5.41) is 4.02. The second kappa shape index (κ2) is 6.21. The number of nitrogens with zero attached hydrogens (tertiary/aromatic N) is 4. The molecular formula is C13H20ClN5. The van der Waals surface area contributed by atoms with Crippen LogP contribution in [0.25, 0.3) is 0 Å². The predicted molar refractivity (Wildman–Crippen MR) is 76.1 cm³/mol. The van der Waals surface area contributed by atoms with Crippen molar-refractivity contribution in [3.8, 4) is 0 Å². The molecule has 0 saturated heterocycles. The Hall–Kier alpha value is -1.33. The van der Waals surface area contributed by atoms with Crippen LogP contribution < -0.4 is 5.32 Å². The van der Waals surface area contributed by atoms with Crippen molar-refractivity contribution in [2.24, 2.45) is 13.0 Å². The number of imidazole rings is 2. The van der Waals surface area contributed by atoms with E-state index in [1.54, 1.807) is 6.20 Å². The van der Waals surface area contributed by atoms with E-state index in [1.807, 2.05) is 28.7 Å². The van der Waals surface area contributed by atoms with Gasteiger partial charge in [0.05, 0.1) is 24.8 Å². The first-order chi connectivity index (χ1) is 9.06. The van der Waals surface area contributed by atoms with Gasteiger partial charge >= 0.3 is 0 Å². The lowest BCUT2D eigenvalue weighted by Crippen LogP contribution is -2.19. The molecule has 5 nitrogen and oxygen atoms in total. The van der Waals surface area contributed by atoms with Crippen molar-refractivity contribution in [2.75, 3.05) is 6.54 Å². The molecule has 0 unspecified atom stereocenters. The van der Waals surface area contributed by atoms with Gasteiger partial charge in [0.2, 0.25) is 0 Å². The van der Waals surface area contributed by atoms with E-state index < -0.39 is 0 Å². The molecule has 0 aliphatic carbocycles. The highest BCUT2D eigenvalue weighted by Gasteiger charge is 2.06. The van der Waals surface area contributed by atoms with E-state index in [-0.39, 0.29) is 0 Å². The molecule has 6 heteroatoms. The number of aromatic nitrogens is 4. The van der Waals surface area contributed by atoms with E-state index in [4.69, 9.17) is 11.6 Å². The molecule has 0 fully saturated rings. The van der Waals surface area contributed by atoms with Crippen molar-refractivity contribution in [2.45, 2.75) is 26.9 Å². The van der Waals surface area contributed by atoms with Gasteiger partial charge in [-0.3, -0.25) is 0 Å². The first-order valence-corrected chi connectivity index (χ1v) is 6.81. The van der Waals surface area contributed by atoms with Crippen molar-refractivity contribution >= 4 is 11.6 Å². The molecule has 104 valence electrons. The van der Waals surface area contributed by atoms with Gasteiger partial charge in [-0.15, -0.1) is 0 Å². The monoisotopic (exact) mass is 281 g/mol. The third-order valence-electron chi connectivity index (χ3n) is 2.90. The second-order valence-corrected chi connectivity index (χ2v) is 5.51. The van der Waals surface area contributed by atoms with Crippen LogP contribution in [0.4, 0.5) is 0 Å². The normalized spacial score (nSPS) is 11.4. The maximum atomic E-state index is 5.96. The zero-order valence-corrected chi connectivity index (χ0v) is 12.4. The third-order valence-corrected chi connectivity index (χ3v) is 3.25. The Labute approximate surface area is 118 Å². The Bertz CT molecular complexity index is 529. The molecule has 2 rings (SSSR count). The lowest BCUT2D eigenvalue weighted by atomic mass is 10.2. The van der Waals surface area contributed by atoms with Crippen LogP contribution in [0.1, 0.15) is 25.4 Å². The van der Waals surface area contributed by atoms with Gasteiger partial charge in [0.1, 0.15) is 11.0 Å². The average molecular weight is 282 g/mol. The molecule has 2 heterocycles. The quantitative estimate of drug-likeness (QED) is 0.882. The Morgan fingerprint density at radius 2 is 2.16 bits per heavy atom. The van der Waals surface area contributed by atoms with Crippen LogP contribution >= 0.6 is 11.6 Å². The van der Waals surface area contributed by atoms with Gasteiger partial charge in [-0.05, 0) is 12.5 Å². The van der Waals surface area contributed by atoms with E-state index in [9.17, 15) is 0 Å². The zero-order valence-electron chi connectivity index (χ0n) is 11.6. The molecule has 0 amide bonds. The average Bonchev–Trinajstić information content (AvgIpc) is 2.91. The molecule has 0 aliphatic rings. The first kappa shape index (κ1) is 14.1. The van der Waals surface area contributed by atoms with Crippen molar-refractivity contribution in [1.29, 1.82) is 0 Å². The summed E-state index contributed by atoms with van der Waals surface area (Å²) in [6, 6.07) is 0. The maximum Gasteiger partial charge on any atom is 0.129 e. The Morgan fingerprint density at radius 1 is 1.37 bits per heavy atom. The number of halogens is 1. The first-order valence-electron chi connectivity index (χ1n) is 6.43. The van der Waals surface area contributed by atoms with Gasteiger partial charge in [-0.1, -0.05) is 25.4 Å². The van der Waals surface area contributed by atoms with E-state index in [0.717, 1.165) is 24.6 Å². The van der Waals surface area contributed by atoms with Crippen molar-refractivity contribution in [3.63, 3.8) is 0 Å². The van der Waals surface area contributed by atoms with Crippen LogP contribution in [0.2, 0.25) is 5.15 Å². The smallest absolute Gasteiger partial charge is 0.129 e. The fourth-order valence-corrected chi connectivity index (χ4v) is 1.95. The molecule has 0 spiro atoms. The van der Waals surface area contributed by atoms with Crippen LogP contribution in [0.15, 0.2) is 18.7 Å². The number of hydrogen-bond acceptors (Lipinski definition) is 3. The summed E-state index contributed by atoms with van der Waals surface area (Å²) in [4.78, 5) is 8.65. The highest BCUT2D eigenvalue weighted by atomic mass is 35.5. The van der Waals surface area contributed by atoms with Gasteiger partial charge in [-0.2, -0.15) is 0 Å². The summed E-state index contributed by atoms with van der Waals surface area (Å²) in [6.45, 7) is 6.86. The second-order valence-electron chi connectivity index (χ2n) is 5.12. The van der Waals surface area contributed by atoms with Gasteiger partial charge in [0.15, 0.2) is 0 Å². The van der Waals surface area contributed by atoms with Crippen LogP contribution in [0.5, 0.6) is 0 Å². The lowest BCUT2D eigenvalue weighted by Gasteiger charge is -2.05. The topological polar surface area (TPSA) is 47.7 Å². The summed E-state index contributed by atoms with van der Waals surface area (Å²) >= 11 is 5.96. The highest BCUT2D eigenvalue weighted by Crippen LogP contribution is 2.10. The number of nitrogens with one attached hydrogen (secondary N) is 1. The van der Waals surface area contributed by atoms with E-state index in [1.165, 1.54) is 0 Å². The summed E-state index contributed by atoms with van der Waals surface area (Å²) < 4.78 is 3.89. The summed E-state index contributed by atoms with van der Waals surface area (Å²) in [6.07, 6.45) is 5.53. The van der Waals surface area contributed by atoms with Gasteiger partial charge in [0.25, 0.3) is 0 Å². The fraction of sp³-hybridized carbons (Fsp3) is 0.538. The molecule has 0 saturated carbocycles. The molecule has 2 aromatic rings. The highest BCUT2D eigenvalue weighted by molar-refractivity contribution is 6.29. The lowest BCUT2D eigenvalue weighted by molar-refractivity contribution is 0.548. The fourth-order valence-electron chi connectivity index (χ4n) is 1.81. The molecular weight excluding hydrogens is 262 g/mol. The Balaban J connectivity index is 1.92. The Kier molecular flexibility index (Phi) is 4.61. The standard InChI is InChI=1S/C13H20ClN5/c1-10(2)4-15-5-11-7-19(9-17-11)8-13-16-6-12(14)18(13)3/h6-7,9-10,15H,4-5,8H2,1-3H3. The molecule has 0 bridgehead atoms. The van der Waals surface area contributed by atoms with Crippen molar-refractivity contribution in [3.05, 3.63) is 35.4 Å². The minimum absolute atomic E-state index is 0.647. The molecule has 19 heavy (non-hydrogen) atoms. The molecule has 0 radical (unpaired) electrons. The van der Waals surface area contributed by atoms with Gasteiger partial charge in [-0.25, -0.2) is 9.97 Å². The van der Waals surface area contributed by atoms with E-state index in [2.05, 4.69) is 29.1 Å². The van der Waals surface area contributed by atoms with Crippen LogP contribution in [-0.2, 0) is 20.1 Å². The van der Waals surface area contributed by atoms with E-state index >= 15 is 0 Å². The zero-order chi connectivity index (χ0) is 13.8. The summed E-state index contributed by atoms with van der Waals surface area (Å²) in [5.74, 6) is 1.57. The molecule has 1 N–H and O–H groups in total. The van der Waals surface area contributed by atoms with Crippen LogP contribution in [0.3, 0.4) is 0 Å². The van der Waals surface area contributed by atoms with Crippen LogP contribution in [0, 0.1) is 5.92 Å². The SMILES string of the molecule is CC(C)CNCc1cn(Cc2ncc(Cl)n2C)cn1.